The van der Waals surface area contributed by atoms with E-state index in [1.54, 1.807) is 0 Å². The van der Waals surface area contributed by atoms with E-state index >= 15 is 0 Å². The van der Waals surface area contributed by atoms with Crippen molar-refractivity contribution in [2.24, 2.45) is 0 Å². The molecule has 1 spiro atoms. The van der Waals surface area contributed by atoms with Crippen LogP contribution in [0, 0.1) is 0 Å². The number of rotatable bonds is 3. The van der Waals surface area contributed by atoms with Gasteiger partial charge in [-0.05, 0) is 37.8 Å². The van der Waals surface area contributed by atoms with Gasteiger partial charge in [-0.3, -0.25) is 4.79 Å². The van der Waals surface area contributed by atoms with E-state index in [0.717, 1.165) is 38.9 Å². The zero-order valence-corrected chi connectivity index (χ0v) is 14.2. The van der Waals surface area contributed by atoms with Gasteiger partial charge in [0.1, 0.15) is 6.61 Å². The summed E-state index contributed by atoms with van der Waals surface area (Å²) < 4.78 is 5.94. The molecule has 1 amide bonds. The van der Waals surface area contributed by atoms with Crippen LogP contribution in [0.4, 0.5) is 0 Å². The first-order valence-corrected chi connectivity index (χ1v) is 8.87. The van der Waals surface area contributed by atoms with Crippen LogP contribution in [0.3, 0.4) is 0 Å². The van der Waals surface area contributed by atoms with Crippen molar-refractivity contribution < 1.29 is 9.53 Å². The third-order valence-corrected chi connectivity index (χ3v) is 5.73. The second kappa shape index (κ2) is 6.22. The number of H-pyrrole nitrogens is 1. The third-order valence-electron chi connectivity index (χ3n) is 5.73. The maximum absolute atomic E-state index is 11.5. The Labute approximate surface area is 142 Å². The van der Waals surface area contributed by atoms with Crippen molar-refractivity contribution >= 4 is 16.8 Å². The molecule has 2 aliphatic heterocycles. The average molecular weight is 327 g/mol. The normalized spacial score (nSPS) is 24.4. The van der Waals surface area contributed by atoms with Gasteiger partial charge in [-0.25, -0.2) is 0 Å². The van der Waals surface area contributed by atoms with Crippen LogP contribution in [-0.4, -0.2) is 53.7 Å². The molecule has 128 valence electrons. The molecule has 4 rings (SSSR count). The van der Waals surface area contributed by atoms with Gasteiger partial charge < -0.3 is 19.9 Å². The molecule has 2 aliphatic rings. The van der Waals surface area contributed by atoms with Crippen molar-refractivity contribution in [2.75, 3.05) is 26.2 Å². The van der Waals surface area contributed by atoms with Crippen LogP contribution >= 0.6 is 0 Å². The van der Waals surface area contributed by atoms with Crippen molar-refractivity contribution in [3.63, 3.8) is 0 Å². The molecule has 0 radical (unpaired) electrons. The molecule has 1 unspecified atom stereocenters. The molecule has 0 bridgehead atoms. The summed E-state index contributed by atoms with van der Waals surface area (Å²) in [6.07, 6.45) is 5.17. The van der Waals surface area contributed by atoms with Gasteiger partial charge in [0.2, 0.25) is 5.91 Å². The van der Waals surface area contributed by atoms with E-state index in [1.165, 1.54) is 16.5 Å². The second-order valence-corrected chi connectivity index (χ2v) is 7.09. The highest BCUT2D eigenvalue weighted by atomic mass is 16.5. The zero-order chi connectivity index (χ0) is 16.6. The van der Waals surface area contributed by atoms with Crippen LogP contribution in [0.25, 0.3) is 10.9 Å². The maximum Gasteiger partial charge on any atom is 0.246 e. The molecule has 2 fully saturated rings. The van der Waals surface area contributed by atoms with Gasteiger partial charge >= 0.3 is 0 Å². The number of likely N-dealkylation sites (tertiary alicyclic amines) is 1. The van der Waals surface area contributed by atoms with Crippen LogP contribution in [0.1, 0.15) is 25.3 Å². The third kappa shape index (κ3) is 2.82. The van der Waals surface area contributed by atoms with Crippen LogP contribution in [-0.2, 0) is 16.0 Å². The number of nitrogens with one attached hydrogen (secondary N) is 2. The topological polar surface area (TPSA) is 57.4 Å². The number of para-hydroxylation sites is 1. The van der Waals surface area contributed by atoms with Crippen molar-refractivity contribution in [3.8, 4) is 0 Å². The molecule has 0 saturated carbocycles. The van der Waals surface area contributed by atoms with E-state index in [4.69, 9.17) is 4.74 Å². The number of benzene rings is 1. The first-order valence-electron chi connectivity index (χ1n) is 8.87. The Morgan fingerprint density at radius 1 is 1.29 bits per heavy atom. The van der Waals surface area contributed by atoms with Crippen LogP contribution < -0.4 is 5.32 Å². The van der Waals surface area contributed by atoms with Crippen LogP contribution in [0.15, 0.2) is 30.5 Å². The molecule has 2 N–H and O–H groups in total. The summed E-state index contributed by atoms with van der Waals surface area (Å²) in [5.74, 6) is 0.00916. The minimum Gasteiger partial charge on any atom is -0.363 e. The lowest BCUT2D eigenvalue weighted by atomic mass is 9.83. The Morgan fingerprint density at radius 3 is 2.88 bits per heavy atom. The van der Waals surface area contributed by atoms with Gasteiger partial charge in [-0.15, -0.1) is 0 Å². The van der Waals surface area contributed by atoms with Gasteiger partial charge in [0.05, 0.1) is 11.6 Å². The molecule has 5 nitrogen and oxygen atoms in total. The predicted molar refractivity (Wildman–Crippen MR) is 94.0 cm³/mol. The molecule has 24 heavy (non-hydrogen) atoms. The quantitative estimate of drug-likeness (QED) is 0.907. The van der Waals surface area contributed by atoms with Gasteiger partial charge in [0.15, 0.2) is 0 Å². The standard InChI is InChI=1S/C19H25N3O2/c1-14-19(24-13-18(23)21-14)7-10-22(11-8-19)9-6-15-12-20-17-5-3-2-4-16(15)17/h2-5,12,14,20H,6-11,13H2,1H3,(H,21,23). The Balaban J connectivity index is 1.34. The molecule has 0 aliphatic carbocycles. The number of carbonyl (C=O) groups is 1. The fourth-order valence-electron chi connectivity index (χ4n) is 4.10. The molecular weight excluding hydrogens is 302 g/mol. The predicted octanol–water partition coefficient (Wildman–Crippen LogP) is 2.08. The number of aromatic nitrogens is 1. The average Bonchev–Trinajstić information content (AvgIpc) is 3.01. The van der Waals surface area contributed by atoms with Gasteiger partial charge in [-0.1, -0.05) is 18.2 Å². The van der Waals surface area contributed by atoms with Gasteiger partial charge in [-0.2, -0.15) is 0 Å². The molecule has 5 heteroatoms. The first-order chi connectivity index (χ1) is 11.7. The number of ether oxygens (including phenoxy) is 1. The number of hydrogen-bond acceptors (Lipinski definition) is 3. The highest BCUT2D eigenvalue weighted by Crippen LogP contribution is 2.32. The highest BCUT2D eigenvalue weighted by molar-refractivity contribution is 5.83. The number of aromatic amines is 1. The molecular formula is C19H25N3O2. The minimum absolute atomic E-state index is 0.00916. The van der Waals surface area contributed by atoms with E-state index < -0.39 is 0 Å². The lowest BCUT2D eigenvalue weighted by Gasteiger charge is -2.47. The van der Waals surface area contributed by atoms with Crippen molar-refractivity contribution in [1.29, 1.82) is 0 Å². The Bertz CT molecular complexity index is 731. The largest absolute Gasteiger partial charge is 0.363 e. The van der Waals surface area contributed by atoms with Crippen LogP contribution in [0.2, 0.25) is 0 Å². The SMILES string of the molecule is CC1NC(=O)COC12CCN(CCc1c[nH]c3ccccc13)CC2. The number of morpholine rings is 1. The molecule has 1 aromatic heterocycles. The number of amides is 1. The molecule has 2 aromatic rings. The fraction of sp³-hybridized carbons (Fsp3) is 0.526. The highest BCUT2D eigenvalue weighted by Gasteiger charge is 2.44. The van der Waals surface area contributed by atoms with Crippen molar-refractivity contribution in [1.82, 2.24) is 15.2 Å². The summed E-state index contributed by atoms with van der Waals surface area (Å²) in [5.41, 5.74) is 2.44. The number of piperidine rings is 1. The molecule has 1 atom stereocenters. The molecule has 1 aromatic carbocycles. The smallest absolute Gasteiger partial charge is 0.246 e. The number of fused-ring (bicyclic) bond motifs is 1. The summed E-state index contributed by atoms with van der Waals surface area (Å²) in [5, 5.41) is 4.37. The minimum atomic E-state index is -0.162. The number of hydrogen-bond donors (Lipinski definition) is 2. The lowest BCUT2D eigenvalue weighted by Crippen LogP contribution is -2.62. The maximum atomic E-state index is 11.5. The van der Waals surface area contributed by atoms with Crippen LogP contribution in [0.5, 0.6) is 0 Å². The monoisotopic (exact) mass is 327 g/mol. The molecule has 3 heterocycles. The Morgan fingerprint density at radius 2 is 2.08 bits per heavy atom. The summed E-state index contributed by atoms with van der Waals surface area (Å²) >= 11 is 0. The van der Waals surface area contributed by atoms with Gasteiger partial charge in [0, 0.05) is 36.7 Å². The lowest BCUT2D eigenvalue weighted by molar-refractivity contribution is -0.159. The summed E-state index contributed by atoms with van der Waals surface area (Å²) in [6, 6.07) is 8.58. The number of carbonyl (C=O) groups excluding carboxylic acids is 1. The van der Waals surface area contributed by atoms with E-state index in [-0.39, 0.29) is 24.2 Å². The van der Waals surface area contributed by atoms with Crippen molar-refractivity contribution in [2.45, 2.75) is 37.8 Å². The van der Waals surface area contributed by atoms with E-state index in [1.807, 2.05) is 0 Å². The summed E-state index contributed by atoms with van der Waals surface area (Å²) in [7, 11) is 0. The summed E-state index contributed by atoms with van der Waals surface area (Å²) in [6.45, 7) is 5.40. The van der Waals surface area contributed by atoms with E-state index in [2.05, 4.69) is 52.6 Å². The fourth-order valence-corrected chi connectivity index (χ4v) is 4.10. The second-order valence-electron chi connectivity index (χ2n) is 7.09. The number of nitrogens with zero attached hydrogens (tertiary/aromatic N) is 1. The summed E-state index contributed by atoms with van der Waals surface area (Å²) in [4.78, 5) is 17.3. The van der Waals surface area contributed by atoms with E-state index in [9.17, 15) is 4.79 Å². The Kier molecular flexibility index (Phi) is 4.06. The van der Waals surface area contributed by atoms with Crippen molar-refractivity contribution in [3.05, 3.63) is 36.0 Å². The Hall–Kier alpha value is -1.85. The first kappa shape index (κ1) is 15.7. The zero-order valence-electron chi connectivity index (χ0n) is 14.2. The van der Waals surface area contributed by atoms with Gasteiger partial charge in [0.25, 0.3) is 0 Å². The van der Waals surface area contributed by atoms with E-state index in [0.29, 0.717) is 0 Å². The molecule has 2 saturated heterocycles.